The summed E-state index contributed by atoms with van der Waals surface area (Å²) in [5, 5.41) is 6.02. The van der Waals surface area contributed by atoms with Crippen molar-refractivity contribution >= 4 is 56.2 Å². The Bertz CT molecular complexity index is 1470. The lowest BCUT2D eigenvalue weighted by molar-refractivity contribution is 0.0735. The fourth-order valence-electron chi connectivity index (χ4n) is 3.12. The van der Waals surface area contributed by atoms with Gasteiger partial charge in [-0.15, -0.1) is 0 Å². The summed E-state index contributed by atoms with van der Waals surface area (Å²) in [6.07, 6.45) is 1.30. The quantitative estimate of drug-likeness (QED) is 0.160. The number of hydrogen-bond acceptors (Lipinski definition) is 5. The van der Waals surface area contributed by atoms with Gasteiger partial charge >= 0.3 is 5.97 Å². The van der Waals surface area contributed by atoms with Crippen LogP contribution in [-0.4, -0.2) is 20.6 Å². The van der Waals surface area contributed by atoms with Crippen LogP contribution >= 0.6 is 23.2 Å². The predicted molar refractivity (Wildman–Crippen MR) is 130 cm³/mol. The van der Waals surface area contributed by atoms with Gasteiger partial charge in [0.15, 0.2) is 0 Å². The largest absolute Gasteiger partial charge is 0.422 e. The molecule has 0 unspecified atom stereocenters. The third-order valence-electron chi connectivity index (χ3n) is 4.70. The van der Waals surface area contributed by atoms with Crippen molar-refractivity contribution in [2.75, 3.05) is 0 Å². The highest BCUT2D eigenvalue weighted by atomic mass is 35.5. The van der Waals surface area contributed by atoms with Gasteiger partial charge in [0.25, 0.3) is 10.0 Å². The number of halogens is 2. The number of esters is 1. The highest BCUT2D eigenvalue weighted by Crippen LogP contribution is 2.29. The maximum Gasteiger partial charge on any atom is 0.345 e. The zero-order chi connectivity index (χ0) is 23.4. The summed E-state index contributed by atoms with van der Waals surface area (Å²) in [5.74, 6) is -0.501. The number of carbonyl (C=O) groups is 1. The number of rotatable bonds is 6. The minimum Gasteiger partial charge on any atom is -0.422 e. The Morgan fingerprint density at radius 3 is 2.39 bits per heavy atom. The number of hydrazone groups is 1. The molecule has 0 spiro atoms. The molecule has 4 aromatic rings. The van der Waals surface area contributed by atoms with Crippen LogP contribution in [0.25, 0.3) is 10.8 Å². The Morgan fingerprint density at radius 2 is 1.64 bits per heavy atom. The fraction of sp³-hybridized carbons (Fsp3) is 0. The molecule has 0 aliphatic heterocycles. The topological polar surface area (TPSA) is 84.8 Å². The lowest BCUT2D eigenvalue weighted by atomic mass is 10.0. The predicted octanol–water partition coefficient (Wildman–Crippen LogP) is 5.68. The molecule has 33 heavy (non-hydrogen) atoms. The summed E-state index contributed by atoms with van der Waals surface area (Å²) in [6.45, 7) is 0. The van der Waals surface area contributed by atoms with Crippen molar-refractivity contribution in [3.63, 3.8) is 0 Å². The van der Waals surface area contributed by atoms with E-state index in [4.69, 9.17) is 27.9 Å². The van der Waals surface area contributed by atoms with E-state index in [0.717, 1.165) is 5.39 Å². The van der Waals surface area contributed by atoms with E-state index >= 15 is 0 Å². The summed E-state index contributed by atoms with van der Waals surface area (Å²) in [4.78, 5) is 15.0. The van der Waals surface area contributed by atoms with E-state index in [1.807, 2.05) is 24.3 Å². The normalized spacial score (nSPS) is 11.6. The molecule has 0 amide bonds. The molecule has 1 N–H and O–H groups in total. The van der Waals surface area contributed by atoms with Gasteiger partial charge in [0, 0.05) is 10.6 Å². The molecule has 0 aliphatic carbocycles. The van der Waals surface area contributed by atoms with Gasteiger partial charge in [0.1, 0.15) is 5.75 Å². The highest BCUT2D eigenvalue weighted by molar-refractivity contribution is 7.89. The zero-order valence-corrected chi connectivity index (χ0v) is 19.2. The summed E-state index contributed by atoms with van der Waals surface area (Å²) < 4.78 is 30.5. The molecule has 0 saturated heterocycles. The molecule has 9 heteroatoms. The van der Waals surface area contributed by atoms with Crippen molar-refractivity contribution < 1.29 is 17.9 Å². The minimum atomic E-state index is -3.86. The van der Waals surface area contributed by atoms with E-state index < -0.39 is 16.0 Å². The maximum absolute atomic E-state index is 12.7. The van der Waals surface area contributed by atoms with Crippen molar-refractivity contribution in [3.8, 4) is 5.75 Å². The Labute approximate surface area is 200 Å². The van der Waals surface area contributed by atoms with Gasteiger partial charge in [-0.25, -0.2) is 9.63 Å². The molecule has 0 bridgehead atoms. The molecule has 166 valence electrons. The van der Waals surface area contributed by atoms with Crippen LogP contribution in [-0.2, 0) is 10.0 Å². The number of fused-ring (bicyclic) bond motifs is 1. The van der Waals surface area contributed by atoms with E-state index in [2.05, 4.69) is 9.93 Å². The lowest BCUT2D eigenvalue weighted by Crippen LogP contribution is -2.18. The van der Waals surface area contributed by atoms with Crippen LogP contribution in [0.3, 0.4) is 0 Å². The van der Waals surface area contributed by atoms with E-state index in [9.17, 15) is 13.2 Å². The maximum atomic E-state index is 12.7. The van der Waals surface area contributed by atoms with E-state index in [1.165, 1.54) is 36.5 Å². The Kier molecular flexibility index (Phi) is 6.65. The average molecular weight is 499 g/mol. The van der Waals surface area contributed by atoms with Gasteiger partial charge in [0.05, 0.1) is 21.7 Å². The molecule has 0 saturated carbocycles. The molecule has 0 fully saturated rings. The molecule has 0 atom stereocenters. The van der Waals surface area contributed by atoms with Crippen LogP contribution < -0.4 is 9.57 Å². The second-order valence-corrected chi connectivity index (χ2v) is 9.38. The molecule has 0 heterocycles. The number of sulfonamides is 1. The number of carbonyl (C=O) groups excluding carboxylic acids is 1. The number of nitrogens with one attached hydrogen (secondary N) is 1. The second kappa shape index (κ2) is 9.62. The van der Waals surface area contributed by atoms with Gasteiger partial charge in [-0.05, 0) is 47.2 Å². The van der Waals surface area contributed by atoms with Crippen molar-refractivity contribution in [1.82, 2.24) is 4.83 Å². The summed E-state index contributed by atoms with van der Waals surface area (Å²) >= 11 is 12.0. The van der Waals surface area contributed by atoms with Gasteiger partial charge in [-0.2, -0.15) is 13.5 Å². The van der Waals surface area contributed by atoms with Gasteiger partial charge in [0.2, 0.25) is 0 Å². The van der Waals surface area contributed by atoms with E-state index in [1.54, 1.807) is 30.3 Å². The first-order valence-corrected chi connectivity index (χ1v) is 11.9. The Hall–Kier alpha value is -3.39. The van der Waals surface area contributed by atoms with Crippen LogP contribution in [0.4, 0.5) is 0 Å². The Balaban J connectivity index is 1.68. The van der Waals surface area contributed by atoms with Crippen LogP contribution in [0.1, 0.15) is 15.9 Å². The lowest BCUT2D eigenvalue weighted by Gasteiger charge is -2.11. The van der Waals surface area contributed by atoms with Crippen LogP contribution in [0, 0.1) is 0 Å². The van der Waals surface area contributed by atoms with Crippen molar-refractivity contribution in [3.05, 3.63) is 106 Å². The molecular weight excluding hydrogens is 483 g/mol. The number of ether oxygens (including phenoxy) is 1. The molecule has 0 aliphatic rings. The first kappa shape index (κ1) is 22.8. The molecule has 0 aromatic heterocycles. The van der Waals surface area contributed by atoms with E-state index in [0.29, 0.717) is 16.0 Å². The number of benzene rings is 4. The standard InChI is InChI=1S/C24H16Cl2N2O4S/c25-17-11-12-20(22(26)14-17)24(29)32-23-13-10-16-6-4-5-9-19(16)21(23)15-27-28-33(30,31)18-7-2-1-3-8-18/h1-15,28H/b27-15-. The molecule has 0 radical (unpaired) electrons. The zero-order valence-electron chi connectivity index (χ0n) is 16.9. The first-order valence-electron chi connectivity index (χ1n) is 9.64. The second-order valence-electron chi connectivity index (χ2n) is 6.88. The van der Waals surface area contributed by atoms with Crippen molar-refractivity contribution in [2.24, 2.45) is 5.10 Å². The van der Waals surface area contributed by atoms with Gasteiger partial charge in [-0.3, -0.25) is 0 Å². The number of hydrogen-bond donors (Lipinski definition) is 1. The Morgan fingerprint density at radius 1 is 0.909 bits per heavy atom. The minimum absolute atomic E-state index is 0.0732. The summed E-state index contributed by atoms with van der Waals surface area (Å²) in [6, 6.07) is 23.1. The fourth-order valence-corrected chi connectivity index (χ4v) is 4.42. The van der Waals surface area contributed by atoms with E-state index in [-0.39, 0.29) is 21.2 Å². The molecule has 4 rings (SSSR count). The highest BCUT2D eigenvalue weighted by Gasteiger charge is 2.17. The van der Waals surface area contributed by atoms with Crippen LogP contribution in [0.2, 0.25) is 10.0 Å². The molecule has 4 aromatic carbocycles. The number of nitrogens with zero attached hydrogens (tertiary/aromatic N) is 1. The third kappa shape index (κ3) is 5.17. The summed E-state index contributed by atoms with van der Waals surface area (Å²) in [7, 11) is -3.86. The summed E-state index contributed by atoms with van der Waals surface area (Å²) in [5.41, 5.74) is 0.559. The first-order chi connectivity index (χ1) is 15.8. The third-order valence-corrected chi connectivity index (χ3v) is 6.49. The molecule has 6 nitrogen and oxygen atoms in total. The van der Waals surface area contributed by atoms with Gasteiger partial charge in [-0.1, -0.05) is 71.7 Å². The monoisotopic (exact) mass is 498 g/mol. The van der Waals surface area contributed by atoms with Crippen LogP contribution in [0.5, 0.6) is 5.75 Å². The smallest absolute Gasteiger partial charge is 0.345 e. The molecular formula is C24H16Cl2N2O4S. The van der Waals surface area contributed by atoms with Crippen molar-refractivity contribution in [2.45, 2.75) is 4.90 Å². The van der Waals surface area contributed by atoms with Crippen LogP contribution in [0.15, 0.2) is 94.9 Å². The average Bonchev–Trinajstić information content (AvgIpc) is 2.80. The van der Waals surface area contributed by atoms with Crippen molar-refractivity contribution in [1.29, 1.82) is 0 Å². The SMILES string of the molecule is O=C(Oc1ccc2ccccc2c1/C=N\NS(=O)(=O)c1ccccc1)c1ccc(Cl)cc1Cl. The van der Waals surface area contributed by atoms with Gasteiger partial charge < -0.3 is 4.74 Å².